The molecule has 1 N–H and O–H groups in total. The number of halogens is 1. The van der Waals surface area contributed by atoms with Crippen LogP contribution in [0.2, 0.25) is 0 Å². The van der Waals surface area contributed by atoms with Crippen LogP contribution in [0, 0.1) is 22.9 Å². The number of unbranched alkanes of at least 4 members (excludes halogenated alkanes) is 1. The standard InChI is InChI=1S/C13H16FNO5/c1-3-4-5-11(13(16)17)20-12-6-8(2)10(15(18)19)7-9(12)14/h6-7,11H,3-5H2,1-2H3,(H,16,17). The molecule has 0 saturated carbocycles. The van der Waals surface area contributed by atoms with Gasteiger partial charge in [-0.25, -0.2) is 9.18 Å². The number of carbonyl (C=O) groups is 1. The lowest BCUT2D eigenvalue weighted by molar-refractivity contribution is -0.385. The second-order valence-corrected chi connectivity index (χ2v) is 4.41. The Hall–Kier alpha value is -2.18. The average Bonchev–Trinajstić information content (AvgIpc) is 2.37. The fourth-order valence-corrected chi connectivity index (χ4v) is 1.71. The Kier molecular flexibility index (Phi) is 5.42. The molecule has 0 heterocycles. The van der Waals surface area contributed by atoms with E-state index in [1.807, 2.05) is 6.92 Å². The minimum absolute atomic E-state index is 0.214. The van der Waals surface area contributed by atoms with E-state index in [0.717, 1.165) is 18.6 Å². The maximum Gasteiger partial charge on any atom is 0.344 e. The van der Waals surface area contributed by atoms with Gasteiger partial charge in [-0.1, -0.05) is 13.3 Å². The third-order valence-electron chi connectivity index (χ3n) is 2.81. The van der Waals surface area contributed by atoms with Gasteiger partial charge in [0.15, 0.2) is 17.7 Å². The molecule has 7 heteroatoms. The van der Waals surface area contributed by atoms with Gasteiger partial charge < -0.3 is 9.84 Å². The number of ether oxygens (including phenoxy) is 1. The number of benzene rings is 1. The molecule has 0 aliphatic heterocycles. The smallest absolute Gasteiger partial charge is 0.344 e. The summed E-state index contributed by atoms with van der Waals surface area (Å²) in [5.74, 6) is -2.41. The summed E-state index contributed by atoms with van der Waals surface area (Å²) < 4.78 is 18.8. The van der Waals surface area contributed by atoms with Crippen LogP contribution in [0.15, 0.2) is 12.1 Å². The Morgan fingerprint density at radius 2 is 2.20 bits per heavy atom. The number of aryl methyl sites for hydroxylation is 1. The summed E-state index contributed by atoms with van der Waals surface area (Å²) in [6, 6.07) is 1.89. The van der Waals surface area contributed by atoms with Crippen molar-refractivity contribution in [2.24, 2.45) is 0 Å². The van der Waals surface area contributed by atoms with E-state index < -0.39 is 22.8 Å². The number of carboxylic acid groups (broad SMARTS) is 1. The van der Waals surface area contributed by atoms with Crippen molar-refractivity contribution in [3.05, 3.63) is 33.6 Å². The lowest BCUT2D eigenvalue weighted by Crippen LogP contribution is -2.27. The SMILES string of the molecule is CCCCC(Oc1cc(C)c([N+](=O)[O-])cc1F)C(=O)O. The number of rotatable bonds is 7. The Morgan fingerprint density at radius 3 is 2.70 bits per heavy atom. The first-order chi connectivity index (χ1) is 9.36. The van der Waals surface area contributed by atoms with Crippen LogP contribution < -0.4 is 4.74 Å². The van der Waals surface area contributed by atoms with Crippen LogP contribution in [-0.4, -0.2) is 22.1 Å². The van der Waals surface area contributed by atoms with Gasteiger partial charge in [-0.2, -0.15) is 0 Å². The minimum atomic E-state index is -1.19. The van der Waals surface area contributed by atoms with Gasteiger partial charge in [0.25, 0.3) is 5.69 Å². The number of carboxylic acids is 1. The fourth-order valence-electron chi connectivity index (χ4n) is 1.71. The third kappa shape index (κ3) is 3.91. The molecule has 1 aromatic carbocycles. The number of aliphatic carboxylic acids is 1. The van der Waals surface area contributed by atoms with Gasteiger partial charge in [0.2, 0.25) is 0 Å². The third-order valence-corrected chi connectivity index (χ3v) is 2.81. The Balaban J connectivity index is 2.98. The largest absolute Gasteiger partial charge is 0.479 e. The van der Waals surface area contributed by atoms with Crippen molar-refractivity contribution in [3.63, 3.8) is 0 Å². The maximum atomic E-state index is 13.7. The molecule has 1 rings (SSSR count). The van der Waals surface area contributed by atoms with E-state index in [1.54, 1.807) is 0 Å². The normalized spacial score (nSPS) is 11.9. The summed E-state index contributed by atoms with van der Waals surface area (Å²) in [5.41, 5.74) is -0.152. The van der Waals surface area contributed by atoms with Crippen LogP contribution in [-0.2, 0) is 4.79 Å². The molecule has 0 aliphatic rings. The van der Waals surface area contributed by atoms with E-state index in [4.69, 9.17) is 9.84 Å². The fraction of sp³-hybridized carbons (Fsp3) is 0.462. The van der Waals surface area contributed by atoms with Crippen molar-refractivity contribution in [2.75, 3.05) is 0 Å². The molecule has 1 atom stereocenters. The van der Waals surface area contributed by atoms with Crippen LogP contribution in [0.25, 0.3) is 0 Å². The van der Waals surface area contributed by atoms with E-state index in [0.29, 0.717) is 6.42 Å². The zero-order chi connectivity index (χ0) is 15.3. The summed E-state index contributed by atoms with van der Waals surface area (Å²) in [6.45, 7) is 3.34. The van der Waals surface area contributed by atoms with Gasteiger partial charge in [0.05, 0.1) is 11.0 Å². The number of hydrogen-bond acceptors (Lipinski definition) is 4. The van der Waals surface area contributed by atoms with Gasteiger partial charge in [0.1, 0.15) is 0 Å². The van der Waals surface area contributed by atoms with E-state index in [2.05, 4.69) is 0 Å². The lowest BCUT2D eigenvalue weighted by Gasteiger charge is -2.15. The highest BCUT2D eigenvalue weighted by molar-refractivity contribution is 5.72. The Bertz CT molecular complexity index is 518. The molecular formula is C13H16FNO5. The zero-order valence-corrected chi connectivity index (χ0v) is 11.3. The van der Waals surface area contributed by atoms with E-state index >= 15 is 0 Å². The molecule has 1 unspecified atom stereocenters. The molecule has 0 aromatic heterocycles. The molecule has 0 spiro atoms. The molecule has 0 saturated heterocycles. The first-order valence-electron chi connectivity index (χ1n) is 6.20. The Morgan fingerprint density at radius 1 is 1.55 bits per heavy atom. The lowest BCUT2D eigenvalue weighted by atomic mass is 10.1. The zero-order valence-electron chi connectivity index (χ0n) is 11.3. The summed E-state index contributed by atoms with van der Waals surface area (Å²) >= 11 is 0. The second-order valence-electron chi connectivity index (χ2n) is 4.41. The summed E-state index contributed by atoms with van der Waals surface area (Å²) in [5, 5.41) is 19.7. The van der Waals surface area contributed by atoms with Crippen molar-refractivity contribution in [2.45, 2.75) is 39.2 Å². The monoisotopic (exact) mass is 285 g/mol. The molecule has 0 fully saturated rings. The molecule has 6 nitrogen and oxygen atoms in total. The van der Waals surface area contributed by atoms with Crippen LogP contribution in [0.1, 0.15) is 31.7 Å². The first kappa shape index (κ1) is 15.9. The molecule has 0 bridgehead atoms. The maximum absolute atomic E-state index is 13.7. The van der Waals surface area contributed by atoms with Crippen molar-refractivity contribution in [3.8, 4) is 5.75 Å². The van der Waals surface area contributed by atoms with Crippen LogP contribution >= 0.6 is 0 Å². The van der Waals surface area contributed by atoms with Gasteiger partial charge in [-0.15, -0.1) is 0 Å². The van der Waals surface area contributed by atoms with Crippen LogP contribution in [0.5, 0.6) is 5.75 Å². The van der Waals surface area contributed by atoms with E-state index in [9.17, 15) is 19.3 Å². The predicted octanol–water partition coefficient (Wildman–Crippen LogP) is 3.06. The molecule has 0 aliphatic carbocycles. The predicted molar refractivity (Wildman–Crippen MR) is 69.4 cm³/mol. The van der Waals surface area contributed by atoms with Crippen LogP contribution in [0.4, 0.5) is 10.1 Å². The van der Waals surface area contributed by atoms with Crippen molar-refractivity contribution in [1.29, 1.82) is 0 Å². The van der Waals surface area contributed by atoms with E-state index in [1.165, 1.54) is 6.92 Å². The van der Waals surface area contributed by atoms with Crippen molar-refractivity contribution < 1.29 is 24.0 Å². The number of nitro benzene ring substituents is 1. The van der Waals surface area contributed by atoms with Gasteiger partial charge in [-0.05, 0) is 25.8 Å². The molecule has 0 radical (unpaired) electrons. The minimum Gasteiger partial charge on any atom is -0.479 e. The quantitative estimate of drug-likeness (QED) is 0.614. The number of nitrogens with zero attached hydrogens (tertiary/aromatic N) is 1. The van der Waals surface area contributed by atoms with Gasteiger partial charge in [0, 0.05) is 5.56 Å². The van der Waals surface area contributed by atoms with Crippen molar-refractivity contribution >= 4 is 11.7 Å². The molecule has 20 heavy (non-hydrogen) atoms. The first-order valence-corrected chi connectivity index (χ1v) is 6.20. The second kappa shape index (κ2) is 6.83. The number of hydrogen-bond donors (Lipinski definition) is 1. The highest BCUT2D eigenvalue weighted by Gasteiger charge is 2.23. The molecule has 110 valence electrons. The molecule has 1 aromatic rings. The summed E-state index contributed by atoms with van der Waals surface area (Å²) in [6.07, 6.45) is 0.506. The summed E-state index contributed by atoms with van der Waals surface area (Å²) in [7, 11) is 0. The van der Waals surface area contributed by atoms with Gasteiger partial charge in [-0.3, -0.25) is 10.1 Å². The van der Waals surface area contributed by atoms with Crippen LogP contribution in [0.3, 0.4) is 0 Å². The number of nitro groups is 1. The highest BCUT2D eigenvalue weighted by Crippen LogP contribution is 2.28. The molecular weight excluding hydrogens is 269 g/mol. The summed E-state index contributed by atoms with van der Waals surface area (Å²) in [4.78, 5) is 21.0. The van der Waals surface area contributed by atoms with Crippen molar-refractivity contribution in [1.82, 2.24) is 0 Å². The highest BCUT2D eigenvalue weighted by atomic mass is 19.1. The topological polar surface area (TPSA) is 89.7 Å². The van der Waals surface area contributed by atoms with Gasteiger partial charge >= 0.3 is 5.97 Å². The average molecular weight is 285 g/mol. The molecule has 0 amide bonds. The Labute approximate surface area is 115 Å². The van der Waals surface area contributed by atoms with E-state index in [-0.39, 0.29) is 23.4 Å².